The van der Waals surface area contributed by atoms with Crippen LogP contribution in [0, 0.1) is 0 Å². The zero-order chi connectivity index (χ0) is 27.0. The van der Waals surface area contributed by atoms with E-state index in [1.165, 1.54) is 0 Å². The van der Waals surface area contributed by atoms with Gasteiger partial charge in [0.05, 0.1) is 18.4 Å². The van der Waals surface area contributed by atoms with Gasteiger partial charge in [0.25, 0.3) is 5.91 Å². The summed E-state index contributed by atoms with van der Waals surface area (Å²) in [4.78, 5) is 16.0. The van der Waals surface area contributed by atoms with Crippen molar-refractivity contribution < 1.29 is 22.2 Å². The van der Waals surface area contributed by atoms with Gasteiger partial charge in [-0.3, -0.25) is 14.2 Å². The van der Waals surface area contributed by atoms with E-state index in [0.29, 0.717) is 37.8 Å². The molecular weight excluding hydrogens is 560 g/mol. The molecule has 6 nitrogen and oxygen atoms in total. The molecule has 0 aliphatic carbocycles. The average Bonchev–Trinajstić information content (AvgIpc) is 3.45. The van der Waals surface area contributed by atoms with Crippen molar-refractivity contribution in [2.45, 2.75) is 12.1 Å². The number of benzene rings is 3. The molecular formula is C26H17Cl2F3N4O2S. The van der Waals surface area contributed by atoms with E-state index in [4.69, 9.17) is 23.2 Å². The Morgan fingerprint density at radius 3 is 2.37 bits per heavy atom. The van der Waals surface area contributed by atoms with Crippen LogP contribution in [-0.4, -0.2) is 30.4 Å². The molecule has 0 aliphatic heterocycles. The minimum atomic E-state index is -5.13. The lowest BCUT2D eigenvalue weighted by atomic mass is 9.98. The van der Waals surface area contributed by atoms with Crippen LogP contribution in [0.2, 0.25) is 10.0 Å². The summed E-state index contributed by atoms with van der Waals surface area (Å²) in [5.41, 5.74) is -1.90. The second-order valence-electron chi connectivity index (χ2n) is 8.27. The third kappa shape index (κ3) is 5.20. The molecule has 12 heteroatoms. The van der Waals surface area contributed by atoms with E-state index in [1.54, 1.807) is 45.9 Å². The van der Waals surface area contributed by atoms with Crippen molar-refractivity contribution in [2.75, 3.05) is 0 Å². The number of nitrogens with one attached hydrogen (secondary N) is 2. The third-order valence-electron chi connectivity index (χ3n) is 5.79. The number of fused-ring (bicyclic) bond motifs is 1. The smallest absolute Gasteiger partial charge is 0.350 e. The standard InChI is InChI=1S/C26H17Cl2F3N4O2S/c27-17-8-6-15(7-9-17)14-35-24(20(13-32-35)16-4-2-1-3-5-16)22-19-11-10-18(28)12-21(19)33-23(22)25(36)34-38(37)26(29,30)31/h1-13,33H,14H2,(H,34,36). The summed E-state index contributed by atoms with van der Waals surface area (Å²) < 4.78 is 54.0. The number of halogens is 5. The number of carbonyl (C=O) groups excluding carboxylic acids is 1. The van der Waals surface area contributed by atoms with Crippen molar-refractivity contribution in [1.29, 1.82) is 0 Å². The maximum absolute atomic E-state index is 13.1. The summed E-state index contributed by atoms with van der Waals surface area (Å²) >= 11 is 12.2. The number of alkyl halides is 3. The zero-order valence-corrected chi connectivity index (χ0v) is 21.6. The van der Waals surface area contributed by atoms with E-state index < -0.39 is 22.4 Å². The van der Waals surface area contributed by atoms with Crippen molar-refractivity contribution in [1.82, 2.24) is 19.5 Å². The Balaban J connectivity index is 1.75. The number of nitrogens with zero attached hydrogens (tertiary/aromatic N) is 2. The molecule has 0 aliphatic rings. The topological polar surface area (TPSA) is 79.8 Å². The average molecular weight is 577 g/mol. The Morgan fingerprint density at radius 1 is 1.00 bits per heavy atom. The summed E-state index contributed by atoms with van der Waals surface area (Å²) in [6, 6.07) is 21.2. The van der Waals surface area contributed by atoms with Crippen molar-refractivity contribution in [3.05, 3.63) is 100 Å². The van der Waals surface area contributed by atoms with Crippen molar-refractivity contribution in [2.24, 2.45) is 0 Å². The number of amides is 1. The van der Waals surface area contributed by atoms with E-state index >= 15 is 0 Å². The lowest BCUT2D eigenvalue weighted by Crippen LogP contribution is -2.35. The molecule has 0 bridgehead atoms. The molecule has 0 saturated heterocycles. The van der Waals surface area contributed by atoms with Gasteiger partial charge in [-0.05, 0) is 35.4 Å². The van der Waals surface area contributed by atoms with Crippen LogP contribution < -0.4 is 4.72 Å². The normalized spacial score (nSPS) is 12.6. The fourth-order valence-corrected chi connectivity index (χ4v) is 4.82. The summed E-state index contributed by atoms with van der Waals surface area (Å²) in [6.07, 6.45) is 1.63. The monoisotopic (exact) mass is 576 g/mol. The number of aromatic nitrogens is 3. The van der Waals surface area contributed by atoms with Crippen molar-refractivity contribution >= 4 is 51.0 Å². The molecule has 0 fully saturated rings. The second kappa shape index (κ2) is 10.3. The van der Waals surface area contributed by atoms with Gasteiger partial charge in [0.1, 0.15) is 5.69 Å². The van der Waals surface area contributed by atoms with Crippen molar-refractivity contribution in [3.8, 4) is 22.4 Å². The molecule has 5 rings (SSSR count). The fourth-order valence-electron chi connectivity index (χ4n) is 4.14. The van der Waals surface area contributed by atoms with Gasteiger partial charge < -0.3 is 4.98 Å². The molecule has 1 amide bonds. The Morgan fingerprint density at radius 2 is 1.68 bits per heavy atom. The molecule has 194 valence electrons. The molecule has 3 aromatic carbocycles. The molecule has 0 spiro atoms. The molecule has 1 unspecified atom stereocenters. The number of H-pyrrole nitrogens is 1. The first-order valence-corrected chi connectivity index (χ1v) is 13.0. The van der Waals surface area contributed by atoms with Gasteiger partial charge in [-0.15, -0.1) is 0 Å². The minimum Gasteiger partial charge on any atom is -0.350 e. The molecule has 0 saturated carbocycles. The molecule has 2 aromatic heterocycles. The number of hydrogen-bond donors (Lipinski definition) is 2. The van der Waals surface area contributed by atoms with Gasteiger partial charge in [-0.25, -0.2) is 4.21 Å². The van der Waals surface area contributed by atoms with E-state index in [2.05, 4.69) is 10.1 Å². The molecule has 2 N–H and O–H groups in total. The Kier molecular flexibility index (Phi) is 7.04. The fraction of sp³-hybridized carbons (Fsp3) is 0.0769. The van der Waals surface area contributed by atoms with Gasteiger partial charge in [0.15, 0.2) is 0 Å². The van der Waals surface area contributed by atoms with Crippen molar-refractivity contribution in [3.63, 3.8) is 0 Å². The van der Waals surface area contributed by atoms with Crippen LogP contribution in [0.15, 0.2) is 79.0 Å². The lowest BCUT2D eigenvalue weighted by molar-refractivity contribution is -0.0393. The summed E-state index contributed by atoms with van der Waals surface area (Å²) in [5.74, 6) is -1.19. The Bertz CT molecular complexity index is 1670. The van der Waals surface area contributed by atoms with Gasteiger partial charge in [0, 0.05) is 32.1 Å². The van der Waals surface area contributed by atoms with Crippen LogP contribution in [0.5, 0.6) is 0 Å². The number of carbonyl (C=O) groups is 1. The van der Waals surface area contributed by atoms with E-state index in [-0.39, 0.29) is 12.2 Å². The van der Waals surface area contributed by atoms with Crippen LogP contribution in [0.4, 0.5) is 13.2 Å². The summed E-state index contributed by atoms with van der Waals surface area (Å²) in [7, 11) is -3.61. The zero-order valence-electron chi connectivity index (χ0n) is 19.2. The van der Waals surface area contributed by atoms with Gasteiger partial charge >= 0.3 is 5.51 Å². The predicted octanol–water partition coefficient (Wildman–Crippen LogP) is 6.97. The quantitative estimate of drug-likeness (QED) is 0.229. The van der Waals surface area contributed by atoms with E-state index in [1.807, 2.05) is 42.5 Å². The first-order valence-electron chi connectivity index (χ1n) is 11.1. The van der Waals surface area contributed by atoms with Gasteiger partial charge in [-0.1, -0.05) is 71.7 Å². The number of rotatable bonds is 6. The van der Waals surface area contributed by atoms with Crippen LogP contribution in [0.1, 0.15) is 16.1 Å². The SMILES string of the molecule is O=C(NS(=O)C(F)(F)F)c1[nH]c2cc(Cl)ccc2c1-c1c(-c2ccccc2)cnn1Cc1ccc(Cl)cc1. The van der Waals surface area contributed by atoms with Gasteiger partial charge in [0.2, 0.25) is 11.0 Å². The highest BCUT2D eigenvalue weighted by Gasteiger charge is 2.39. The maximum atomic E-state index is 13.1. The van der Waals surface area contributed by atoms with E-state index in [0.717, 1.165) is 11.1 Å². The largest absolute Gasteiger partial charge is 0.490 e. The number of aromatic amines is 1. The lowest BCUT2D eigenvalue weighted by Gasteiger charge is -2.13. The molecule has 5 aromatic rings. The summed E-state index contributed by atoms with van der Waals surface area (Å²) in [6.45, 7) is 0.273. The highest BCUT2D eigenvalue weighted by Crippen LogP contribution is 2.40. The molecule has 38 heavy (non-hydrogen) atoms. The van der Waals surface area contributed by atoms with Crippen LogP contribution in [0.25, 0.3) is 33.3 Å². The maximum Gasteiger partial charge on any atom is 0.490 e. The molecule has 1 atom stereocenters. The summed E-state index contributed by atoms with van der Waals surface area (Å²) in [5, 5.41) is 6.00. The third-order valence-corrected chi connectivity index (χ3v) is 7.07. The minimum absolute atomic E-state index is 0.213. The van der Waals surface area contributed by atoms with Crippen LogP contribution >= 0.6 is 23.2 Å². The highest BCUT2D eigenvalue weighted by molar-refractivity contribution is 7.84. The number of hydrogen-bond acceptors (Lipinski definition) is 3. The van der Waals surface area contributed by atoms with E-state index in [9.17, 15) is 22.2 Å². The molecule has 0 radical (unpaired) electrons. The van der Waals surface area contributed by atoms with Crippen LogP contribution in [-0.2, 0) is 17.5 Å². The Hall–Kier alpha value is -3.60. The van der Waals surface area contributed by atoms with Gasteiger partial charge in [-0.2, -0.15) is 18.3 Å². The predicted molar refractivity (Wildman–Crippen MR) is 142 cm³/mol. The van der Waals surface area contributed by atoms with Crippen LogP contribution in [0.3, 0.4) is 0 Å². The first kappa shape index (κ1) is 26.0. The molecule has 2 heterocycles. The Labute approximate surface area is 227 Å². The second-order valence-corrected chi connectivity index (χ2v) is 10.3. The highest BCUT2D eigenvalue weighted by atomic mass is 35.5. The first-order chi connectivity index (χ1) is 18.1.